The highest BCUT2D eigenvalue weighted by Crippen LogP contribution is 2.17. The minimum Gasteiger partial charge on any atom is -0.489 e. The van der Waals surface area contributed by atoms with Crippen molar-refractivity contribution in [1.29, 1.82) is 0 Å². The van der Waals surface area contributed by atoms with Crippen LogP contribution in [0.1, 0.15) is 10.4 Å². The van der Waals surface area contributed by atoms with Gasteiger partial charge >= 0.3 is 5.97 Å². The van der Waals surface area contributed by atoms with E-state index >= 15 is 0 Å². The fourth-order valence-electron chi connectivity index (χ4n) is 1.30. The van der Waals surface area contributed by atoms with Crippen LogP contribution < -0.4 is 15.6 Å². The number of hydrogen-bond donors (Lipinski definition) is 3. The number of para-hydroxylation sites is 1. The Bertz CT molecular complexity index is 580. The van der Waals surface area contributed by atoms with E-state index < -0.39 is 17.8 Å². The first-order chi connectivity index (χ1) is 10.0. The van der Waals surface area contributed by atoms with Crippen molar-refractivity contribution in [2.45, 2.75) is 0 Å². The highest BCUT2D eigenvalue weighted by Gasteiger charge is 2.12. The Morgan fingerprint density at radius 3 is 2.57 bits per heavy atom. The van der Waals surface area contributed by atoms with Crippen molar-refractivity contribution in [3.63, 3.8) is 0 Å². The lowest BCUT2D eigenvalue weighted by Gasteiger charge is -2.10. The highest BCUT2D eigenvalue weighted by atomic mass is 16.5. The molecule has 0 heterocycles. The summed E-state index contributed by atoms with van der Waals surface area (Å²) in [6.07, 6.45) is 2.97. The summed E-state index contributed by atoms with van der Waals surface area (Å²) in [5, 5.41) is 8.36. The Hall–Kier alpha value is -3.09. The van der Waals surface area contributed by atoms with Gasteiger partial charge in [0, 0.05) is 12.2 Å². The fraction of sp³-hybridized carbons (Fsp3) is 0.0714. The molecule has 2 amide bonds. The predicted octanol–water partition coefficient (Wildman–Crippen LogP) is 0.653. The monoisotopic (exact) mass is 290 g/mol. The van der Waals surface area contributed by atoms with Crippen LogP contribution in [0, 0.1) is 0 Å². The number of carbonyl (C=O) groups is 3. The quantitative estimate of drug-likeness (QED) is 0.405. The Kier molecular flexibility index (Phi) is 6.20. The standard InChI is InChI=1S/C14H14N2O5/c1-2-9-21-11-6-4-3-5-10(11)14(20)16-15-12(17)7-8-13(18)19/h2-8H,1,9H2,(H,15,17)(H,16,20)(H,18,19). The summed E-state index contributed by atoms with van der Waals surface area (Å²) in [4.78, 5) is 33.3. The molecule has 7 nitrogen and oxygen atoms in total. The van der Waals surface area contributed by atoms with Gasteiger partial charge in [-0.3, -0.25) is 20.4 Å². The minimum atomic E-state index is -1.26. The molecule has 0 radical (unpaired) electrons. The Labute approximate surface area is 120 Å². The second-order valence-corrected chi connectivity index (χ2v) is 3.71. The molecule has 0 spiro atoms. The Morgan fingerprint density at radius 1 is 1.19 bits per heavy atom. The molecule has 0 aromatic heterocycles. The van der Waals surface area contributed by atoms with Crippen molar-refractivity contribution in [3.05, 3.63) is 54.6 Å². The number of rotatable bonds is 6. The number of aliphatic carboxylic acids is 1. The SMILES string of the molecule is C=CCOc1ccccc1C(=O)NNC(=O)C=CC(=O)O. The van der Waals surface area contributed by atoms with Gasteiger partial charge in [-0.1, -0.05) is 24.8 Å². The molecule has 0 aliphatic carbocycles. The second-order valence-electron chi connectivity index (χ2n) is 3.71. The van der Waals surface area contributed by atoms with Crippen LogP contribution in [0.3, 0.4) is 0 Å². The maximum atomic E-state index is 11.9. The first-order valence-electron chi connectivity index (χ1n) is 5.88. The van der Waals surface area contributed by atoms with E-state index in [1.807, 2.05) is 0 Å². The van der Waals surface area contributed by atoms with Crippen LogP contribution in [0.15, 0.2) is 49.1 Å². The Balaban J connectivity index is 2.65. The summed E-state index contributed by atoms with van der Waals surface area (Å²) >= 11 is 0. The summed E-state index contributed by atoms with van der Waals surface area (Å²) < 4.78 is 5.31. The van der Waals surface area contributed by atoms with Crippen LogP contribution >= 0.6 is 0 Å². The summed E-state index contributed by atoms with van der Waals surface area (Å²) in [5.41, 5.74) is 4.43. The van der Waals surface area contributed by atoms with Crippen LogP contribution in [0.25, 0.3) is 0 Å². The molecule has 110 valence electrons. The molecule has 1 aromatic rings. The zero-order valence-electron chi connectivity index (χ0n) is 11.0. The van der Waals surface area contributed by atoms with Crippen molar-refractivity contribution in [2.24, 2.45) is 0 Å². The number of amides is 2. The molecule has 1 rings (SSSR count). The van der Waals surface area contributed by atoms with E-state index in [1.54, 1.807) is 18.2 Å². The number of carboxylic acids is 1. The maximum Gasteiger partial charge on any atom is 0.328 e. The zero-order chi connectivity index (χ0) is 15.7. The first kappa shape index (κ1) is 16.0. The van der Waals surface area contributed by atoms with Gasteiger partial charge in [-0.05, 0) is 12.1 Å². The number of hydrogen-bond acceptors (Lipinski definition) is 4. The molecule has 0 saturated carbocycles. The van der Waals surface area contributed by atoms with E-state index in [0.717, 1.165) is 6.08 Å². The smallest absolute Gasteiger partial charge is 0.328 e. The average Bonchev–Trinajstić information content (AvgIpc) is 2.48. The molecule has 21 heavy (non-hydrogen) atoms. The first-order valence-corrected chi connectivity index (χ1v) is 5.88. The molecule has 0 unspecified atom stereocenters. The van der Waals surface area contributed by atoms with Gasteiger partial charge < -0.3 is 9.84 Å². The van der Waals surface area contributed by atoms with Gasteiger partial charge in [0.15, 0.2) is 0 Å². The summed E-state index contributed by atoms with van der Waals surface area (Å²) in [6.45, 7) is 3.74. The lowest BCUT2D eigenvalue weighted by atomic mass is 10.2. The normalized spacial score (nSPS) is 9.90. The van der Waals surface area contributed by atoms with E-state index in [2.05, 4.69) is 17.4 Å². The summed E-state index contributed by atoms with van der Waals surface area (Å²) in [6, 6.07) is 6.46. The van der Waals surface area contributed by atoms with Gasteiger partial charge in [0.25, 0.3) is 11.8 Å². The predicted molar refractivity (Wildman–Crippen MR) is 74.5 cm³/mol. The van der Waals surface area contributed by atoms with E-state index in [-0.39, 0.29) is 12.2 Å². The van der Waals surface area contributed by atoms with Crippen molar-refractivity contribution in [3.8, 4) is 5.75 Å². The molecular formula is C14H14N2O5. The summed E-state index contributed by atoms with van der Waals surface area (Å²) in [7, 11) is 0. The topological polar surface area (TPSA) is 105 Å². The largest absolute Gasteiger partial charge is 0.489 e. The number of benzene rings is 1. The molecule has 0 aliphatic rings. The third-order valence-corrected chi connectivity index (χ3v) is 2.16. The minimum absolute atomic E-state index is 0.224. The Morgan fingerprint density at radius 2 is 1.90 bits per heavy atom. The van der Waals surface area contributed by atoms with Gasteiger partial charge in [-0.15, -0.1) is 0 Å². The fourth-order valence-corrected chi connectivity index (χ4v) is 1.30. The third kappa shape index (κ3) is 5.60. The number of hydrazine groups is 1. The molecular weight excluding hydrogens is 276 g/mol. The molecule has 1 aromatic carbocycles. The van der Waals surface area contributed by atoms with E-state index in [0.29, 0.717) is 11.8 Å². The van der Waals surface area contributed by atoms with Crippen molar-refractivity contribution in [1.82, 2.24) is 10.9 Å². The molecule has 0 saturated heterocycles. The lowest BCUT2D eigenvalue weighted by molar-refractivity contribution is -0.131. The summed E-state index contributed by atoms with van der Waals surface area (Å²) in [5.74, 6) is -2.29. The molecule has 0 aliphatic heterocycles. The maximum absolute atomic E-state index is 11.9. The van der Waals surface area contributed by atoms with Gasteiger partial charge in [0.2, 0.25) is 0 Å². The van der Waals surface area contributed by atoms with E-state index in [9.17, 15) is 14.4 Å². The van der Waals surface area contributed by atoms with Crippen molar-refractivity contribution >= 4 is 17.8 Å². The molecule has 0 atom stereocenters. The molecule has 7 heteroatoms. The van der Waals surface area contributed by atoms with Crippen LogP contribution in [-0.4, -0.2) is 29.5 Å². The van der Waals surface area contributed by atoms with Gasteiger partial charge in [-0.2, -0.15) is 0 Å². The number of ether oxygens (including phenoxy) is 1. The van der Waals surface area contributed by atoms with E-state index in [1.165, 1.54) is 12.1 Å². The van der Waals surface area contributed by atoms with E-state index in [4.69, 9.17) is 9.84 Å². The van der Waals surface area contributed by atoms with Crippen molar-refractivity contribution < 1.29 is 24.2 Å². The zero-order valence-corrected chi connectivity index (χ0v) is 11.0. The lowest BCUT2D eigenvalue weighted by Crippen LogP contribution is -2.41. The van der Waals surface area contributed by atoms with Gasteiger partial charge in [0.05, 0.1) is 5.56 Å². The molecule has 0 bridgehead atoms. The molecule has 0 fully saturated rings. The highest BCUT2D eigenvalue weighted by molar-refractivity contribution is 5.99. The van der Waals surface area contributed by atoms with Crippen LogP contribution in [-0.2, 0) is 9.59 Å². The second kappa shape index (κ2) is 8.16. The van der Waals surface area contributed by atoms with Crippen LogP contribution in [0.2, 0.25) is 0 Å². The molecule has 3 N–H and O–H groups in total. The van der Waals surface area contributed by atoms with Crippen LogP contribution in [0.4, 0.5) is 0 Å². The average molecular weight is 290 g/mol. The number of nitrogens with one attached hydrogen (secondary N) is 2. The van der Waals surface area contributed by atoms with Gasteiger partial charge in [-0.25, -0.2) is 4.79 Å². The number of carbonyl (C=O) groups excluding carboxylic acids is 2. The van der Waals surface area contributed by atoms with Crippen molar-refractivity contribution in [2.75, 3.05) is 6.61 Å². The van der Waals surface area contributed by atoms with Crippen LogP contribution in [0.5, 0.6) is 5.75 Å². The third-order valence-electron chi connectivity index (χ3n) is 2.16. The number of carboxylic acid groups (broad SMARTS) is 1. The van der Waals surface area contributed by atoms with Gasteiger partial charge in [0.1, 0.15) is 12.4 Å².